The molecule has 0 bridgehead atoms. The molecule has 1 spiro atoms. The molecule has 1 N–H and O–H groups in total. The van der Waals surface area contributed by atoms with Crippen LogP contribution in [0.4, 0.5) is 0 Å². The molecule has 0 unspecified atom stereocenters. The molecule has 2 aromatic carbocycles. The highest BCUT2D eigenvalue weighted by molar-refractivity contribution is 5.75. The van der Waals surface area contributed by atoms with Crippen LogP contribution in [0.25, 0.3) is 0 Å². The number of aliphatic hydroxyl groups is 1. The van der Waals surface area contributed by atoms with Crippen molar-refractivity contribution in [1.29, 1.82) is 0 Å². The zero-order valence-electron chi connectivity index (χ0n) is 22.6. The number of hydrogen-bond acceptors (Lipinski definition) is 5. The van der Waals surface area contributed by atoms with Crippen molar-refractivity contribution in [3.63, 3.8) is 0 Å². The van der Waals surface area contributed by atoms with Gasteiger partial charge < -0.3 is 19.5 Å². The summed E-state index contributed by atoms with van der Waals surface area (Å²) in [7, 11) is 0. The first-order valence-electron chi connectivity index (χ1n) is 14.8. The third-order valence-corrected chi connectivity index (χ3v) is 11.1. The van der Waals surface area contributed by atoms with E-state index in [0.717, 1.165) is 63.1 Å². The second kappa shape index (κ2) is 9.18. The normalized spacial score (nSPS) is 37.5. The Morgan fingerprint density at radius 2 is 1.63 bits per heavy atom. The number of piperidine rings is 1. The average Bonchev–Trinajstić information content (AvgIpc) is 3.65. The fourth-order valence-corrected chi connectivity index (χ4v) is 9.00. The van der Waals surface area contributed by atoms with Crippen LogP contribution in [0.15, 0.2) is 60.7 Å². The first-order valence-corrected chi connectivity index (χ1v) is 14.8. The lowest BCUT2D eigenvalue weighted by Crippen LogP contribution is -2.51. The van der Waals surface area contributed by atoms with E-state index in [2.05, 4.69) is 11.8 Å². The number of hydrogen-bond donors (Lipinski definition) is 1. The lowest BCUT2D eigenvalue weighted by Gasteiger charge is -2.51. The molecule has 38 heavy (non-hydrogen) atoms. The Kier molecular flexibility index (Phi) is 5.99. The molecule has 7 rings (SSSR count). The fourth-order valence-electron chi connectivity index (χ4n) is 9.00. The molecule has 0 radical (unpaired) electrons. The number of fused-ring (bicyclic) bond motifs is 3. The van der Waals surface area contributed by atoms with Crippen LogP contribution in [0.5, 0.6) is 0 Å². The SMILES string of the molecule is C[C@]12CCC[C@]3(CO3)[C@@H]1C[C@H]1[C@@H](C2)OC(=O)[C@@H]1CN1CCC(C(O)(c2ccccc2)c2ccccc2)CC1. The monoisotopic (exact) mass is 515 g/mol. The van der Waals surface area contributed by atoms with Crippen molar-refractivity contribution in [2.24, 2.45) is 29.1 Å². The summed E-state index contributed by atoms with van der Waals surface area (Å²) in [6.45, 7) is 5.88. The maximum Gasteiger partial charge on any atom is 0.310 e. The van der Waals surface area contributed by atoms with Crippen LogP contribution in [-0.4, -0.2) is 53.9 Å². The minimum Gasteiger partial charge on any atom is -0.462 e. The van der Waals surface area contributed by atoms with Crippen molar-refractivity contribution in [3.8, 4) is 0 Å². The summed E-state index contributed by atoms with van der Waals surface area (Å²) in [5.41, 5.74) is 1.23. The van der Waals surface area contributed by atoms with Crippen molar-refractivity contribution < 1.29 is 19.4 Å². The molecule has 5 fully saturated rings. The van der Waals surface area contributed by atoms with Gasteiger partial charge in [-0.1, -0.05) is 67.6 Å². The number of benzene rings is 2. The highest BCUT2D eigenvalue weighted by atomic mass is 16.6. The lowest BCUT2D eigenvalue weighted by molar-refractivity contribution is -0.147. The third-order valence-electron chi connectivity index (χ3n) is 11.1. The molecule has 2 aromatic rings. The number of epoxide rings is 1. The fraction of sp³-hybridized carbons (Fsp3) is 0.606. The van der Waals surface area contributed by atoms with Crippen LogP contribution in [0, 0.1) is 29.1 Å². The first kappa shape index (κ1) is 24.8. The number of nitrogens with zero attached hydrogens (tertiary/aromatic N) is 1. The number of likely N-dealkylation sites (tertiary alicyclic amines) is 1. The van der Waals surface area contributed by atoms with Gasteiger partial charge in [0.15, 0.2) is 0 Å². The van der Waals surface area contributed by atoms with Gasteiger partial charge in [-0.2, -0.15) is 0 Å². The third kappa shape index (κ3) is 3.96. The largest absolute Gasteiger partial charge is 0.462 e. The Hall–Kier alpha value is -2.21. The smallest absolute Gasteiger partial charge is 0.310 e. The Balaban J connectivity index is 1.05. The van der Waals surface area contributed by atoms with E-state index in [9.17, 15) is 9.90 Å². The molecule has 3 heterocycles. The second-order valence-corrected chi connectivity index (χ2v) is 13.2. The van der Waals surface area contributed by atoms with Crippen LogP contribution in [-0.2, 0) is 19.9 Å². The van der Waals surface area contributed by atoms with Crippen LogP contribution >= 0.6 is 0 Å². The van der Waals surface area contributed by atoms with Crippen molar-refractivity contribution in [3.05, 3.63) is 71.8 Å². The van der Waals surface area contributed by atoms with Crippen molar-refractivity contribution >= 4 is 5.97 Å². The van der Waals surface area contributed by atoms with E-state index in [4.69, 9.17) is 9.47 Å². The van der Waals surface area contributed by atoms with Crippen LogP contribution < -0.4 is 0 Å². The molecule has 0 aromatic heterocycles. The number of carbonyl (C=O) groups excluding carboxylic acids is 1. The predicted octanol–water partition coefficient (Wildman–Crippen LogP) is 5.16. The molecule has 202 valence electrons. The van der Waals surface area contributed by atoms with E-state index < -0.39 is 5.60 Å². The zero-order chi connectivity index (χ0) is 26.0. The maximum atomic E-state index is 13.2. The van der Waals surface area contributed by atoms with E-state index in [1.54, 1.807) is 0 Å². The van der Waals surface area contributed by atoms with Crippen molar-refractivity contribution in [2.75, 3.05) is 26.2 Å². The van der Waals surface area contributed by atoms with E-state index in [-0.39, 0.29) is 34.9 Å². The Morgan fingerprint density at radius 1 is 1.00 bits per heavy atom. The van der Waals surface area contributed by atoms with E-state index in [1.807, 2.05) is 60.7 Å². The van der Waals surface area contributed by atoms with Gasteiger partial charge in [0, 0.05) is 12.5 Å². The van der Waals surface area contributed by atoms with Gasteiger partial charge in [-0.15, -0.1) is 0 Å². The summed E-state index contributed by atoms with van der Waals surface area (Å²) in [5.74, 6) is 0.958. The number of carbonyl (C=O) groups is 1. The molecule has 3 saturated heterocycles. The molecule has 6 atom stereocenters. The zero-order valence-corrected chi connectivity index (χ0v) is 22.6. The molecular formula is C33H41NO4. The highest BCUT2D eigenvalue weighted by Crippen LogP contribution is 2.63. The standard InChI is InChI=1S/C33H41NO4/c1-31-15-8-16-32(22-37-32)29(31)19-26-27(30(35)38-28(26)20-31)21-34-17-13-25(14-18-34)33(36,23-9-4-2-5-10-23)24-11-6-3-7-12-24/h2-7,9-12,25-29,36H,8,13-22H2,1H3/t26-,27-,28-,29-,31-,32+/m1/s1. The minimum absolute atomic E-state index is 0.0141. The van der Waals surface area contributed by atoms with Gasteiger partial charge in [0.2, 0.25) is 0 Å². The van der Waals surface area contributed by atoms with Gasteiger partial charge in [0.25, 0.3) is 0 Å². The van der Waals surface area contributed by atoms with Gasteiger partial charge in [-0.05, 0) is 86.4 Å². The molecule has 2 aliphatic carbocycles. The molecule has 0 amide bonds. The number of esters is 1. The van der Waals surface area contributed by atoms with Gasteiger partial charge in [0.1, 0.15) is 11.7 Å². The Labute approximate surface area is 226 Å². The maximum absolute atomic E-state index is 13.2. The summed E-state index contributed by atoms with van der Waals surface area (Å²) >= 11 is 0. The van der Waals surface area contributed by atoms with Gasteiger partial charge in [-0.3, -0.25) is 4.79 Å². The summed E-state index contributed by atoms with van der Waals surface area (Å²) in [6.07, 6.45) is 7.57. The van der Waals surface area contributed by atoms with Crippen LogP contribution in [0.2, 0.25) is 0 Å². The summed E-state index contributed by atoms with van der Waals surface area (Å²) in [5, 5.41) is 12.2. The summed E-state index contributed by atoms with van der Waals surface area (Å²) < 4.78 is 12.2. The van der Waals surface area contributed by atoms with E-state index in [0.29, 0.717) is 11.8 Å². The topological polar surface area (TPSA) is 62.3 Å². The summed E-state index contributed by atoms with van der Waals surface area (Å²) in [4.78, 5) is 15.6. The lowest BCUT2D eigenvalue weighted by atomic mass is 9.53. The summed E-state index contributed by atoms with van der Waals surface area (Å²) in [6, 6.07) is 20.3. The molecule has 5 nitrogen and oxygen atoms in total. The van der Waals surface area contributed by atoms with E-state index >= 15 is 0 Å². The minimum atomic E-state index is -1.01. The molecule has 3 aliphatic heterocycles. The quantitative estimate of drug-likeness (QED) is 0.440. The predicted molar refractivity (Wildman–Crippen MR) is 145 cm³/mol. The molecule has 2 saturated carbocycles. The first-order chi connectivity index (χ1) is 18.4. The number of rotatable bonds is 5. The second-order valence-electron chi connectivity index (χ2n) is 13.2. The Morgan fingerprint density at radius 3 is 2.24 bits per heavy atom. The highest BCUT2D eigenvalue weighted by Gasteiger charge is 2.65. The Bertz CT molecular complexity index is 1120. The average molecular weight is 516 g/mol. The number of ether oxygens (including phenoxy) is 2. The molecule has 5 aliphatic rings. The van der Waals surface area contributed by atoms with E-state index in [1.165, 1.54) is 19.3 Å². The van der Waals surface area contributed by atoms with Gasteiger partial charge >= 0.3 is 5.97 Å². The van der Waals surface area contributed by atoms with Gasteiger partial charge in [0.05, 0.1) is 18.1 Å². The van der Waals surface area contributed by atoms with Crippen LogP contribution in [0.1, 0.15) is 63.0 Å². The van der Waals surface area contributed by atoms with Gasteiger partial charge in [-0.25, -0.2) is 0 Å². The van der Waals surface area contributed by atoms with Crippen LogP contribution in [0.3, 0.4) is 0 Å². The van der Waals surface area contributed by atoms with Crippen molar-refractivity contribution in [1.82, 2.24) is 4.90 Å². The molecule has 5 heteroatoms. The van der Waals surface area contributed by atoms with Crippen molar-refractivity contribution in [2.45, 2.75) is 69.2 Å². The molecular weight excluding hydrogens is 474 g/mol.